The highest BCUT2D eigenvalue weighted by Gasteiger charge is 2.08. The Morgan fingerprint density at radius 1 is 1.00 bits per heavy atom. The number of aromatic nitrogens is 1. The van der Waals surface area contributed by atoms with Crippen LogP contribution in [-0.4, -0.2) is 0 Å². The Hall–Kier alpha value is -0.900. The van der Waals surface area contributed by atoms with E-state index < -0.39 is 0 Å². The molecule has 0 bridgehead atoms. The lowest BCUT2D eigenvalue weighted by Crippen LogP contribution is -3.00. The zero-order chi connectivity index (χ0) is 10.8. The minimum atomic E-state index is 0. The van der Waals surface area contributed by atoms with Crippen LogP contribution in [0.25, 0.3) is 11.1 Å². The second kappa shape index (κ2) is 5.43. The van der Waals surface area contributed by atoms with Gasteiger partial charge in [0.15, 0.2) is 11.9 Å². The van der Waals surface area contributed by atoms with Gasteiger partial charge in [-0.25, -0.2) is 4.57 Å². The number of hydrogen-bond donors (Lipinski definition) is 0. The topological polar surface area (TPSA) is 3.88 Å². The van der Waals surface area contributed by atoms with Crippen LogP contribution >= 0.6 is 0 Å². The molecule has 0 saturated heterocycles. The van der Waals surface area contributed by atoms with E-state index in [0.717, 1.165) is 0 Å². The monoisotopic (exact) mass is 325 g/mol. The van der Waals surface area contributed by atoms with Crippen molar-refractivity contribution in [3.05, 3.63) is 53.9 Å². The molecule has 0 N–H and O–H groups in total. The molecule has 1 nitrogen and oxygen atoms in total. The molecule has 1 heterocycles. The first-order chi connectivity index (χ1) is 7.18. The van der Waals surface area contributed by atoms with Crippen LogP contribution in [0.1, 0.15) is 11.3 Å². The molecule has 0 aliphatic carbocycles. The summed E-state index contributed by atoms with van der Waals surface area (Å²) in [5, 5.41) is 0. The molecule has 2 aromatic rings. The van der Waals surface area contributed by atoms with Crippen LogP contribution in [0.3, 0.4) is 0 Å². The summed E-state index contributed by atoms with van der Waals surface area (Å²) in [5.41, 5.74) is 5.21. The number of pyridine rings is 1. The van der Waals surface area contributed by atoms with Crippen molar-refractivity contribution in [1.29, 1.82) is 0 Å². The van der Waals surface area contributed by atoms with Gasteiger partial charge < -0.3 is 24.0 Å². The van der Waals surface area contributed by atoms with Gasteiger partial charge in [0.25, 0.3) is 0 Å². The van der Waals surface area contributed by atoms with Gasteiger partial charge in [0.1, 0.15) is 7.05 Å². The van der Waals surface area contributed by atoms with Crippen molar-refractivity contribution >= 4 is 0 Å². The second-order valence-electron chi connectivity index (χ2n) is 3.99. The summed E-state index contributed by atoms with van der Waals surface area (Å²) < 4.78 is 2.15. The maximum Gasteiger partial charge on any atom is 0.178 e. The van der Waals surface area contributed by atoms with Gasteiger partial charge in [0, 0.05) is 18.6 Å². The van der Waals surface area contributed by atoms with E-state index in [9.17, 15) is 0 Å². The molecule has 0 spiro atoms. The zero-order valence-electron chi connectivity index (χ0n) is 9.87. The van der Waals surface area contributed by atoms with Gasteiger partial charge in [-0.05, 0) is 18.1 Å². The fourth-order valence-corrected chi connectivity index (χ4v) is 1.82. The Morgan fingerprint density at radius 2 is 1.62 bits per heavy atom. The molecule has 0 radical (unpaired) electrons. The Balaban J connectivity index is 0.00000128. The molecular formula is C14H16IN. The molecule has 16 heavy (non-hydrogen) atoms. The van der Waals surface area contributed by atoms with Gasteiger partial charge in [-0.2, -0.15) is 0 Å². The number of halogens is 1. The second-order valence-corrected chi connectivity index (χ2v) is 3.99. The molecule has 0 atom stereocenters. The van der Waals surface area contributed by atoms with Crippen LogP contribution in [-0.2, 0) is 7.05 Å². The molecule has 2 rings (SSSR count). The fourth-order valence-electron chi connectivity index (χ4n) is 1.82. The SMILES string of the molecule is Cc1c[n+](C)c(C)cc1-c1ccccc1.[I-]. The molecule has 0 unspecified atom stereocenters. The van der Waals surface area contributed by atoms with E-state index in [-0.39, 0.29) is 24.0 Å². The molecule has 84 valence electrons. The first-order valence-corrected chi connectivity index (χ1v) is 5.21. The van der Waals surface area contributed by atoms with E-state index in [4.69, 9.17) is 0 Å². The van der Waals surface area contributed by atoms with Crippen molar-refractivity contribution in [3.8, 4) is 11.1 Å². The van der Waals surface area contributed by atoms with Crippen molar-refractivity contribution in [2.75, 3.05) is 0 Å². The van der Waals surface area contributed by atoms with E-state index in [2.05, 4.69) is 68.1 Å². The van der Waals surface area contributed by atoms with E-state index in [1.165, 1.54) is 22.4 Å². The van der Waals surface area contributed by atoms with Crippen molar-refractivity contribution in [3.63, 3.8) is 0 Å². The molecule has 0 aliphatic rings. The normalized spacial score (nSPS) is 9.69. The van der Waals surface area contributed by atoms with Crippen LogP contribution in [0.4, 0.5) is 0 Å². The van der Waals surface area contributed by atoms with Crippen LogP contribution in [0.15, 0.2) is 42.6 Å². The quantitative estimate of drug-likeness (QED) is 0.505. The van der Waals surface area contributed by atoms with Crippen molar-refractivity contribution in [2.45, 2.75) is 13.8 Å². The maximum absolute atomic E-state index is 2.24. The summed E-state index contributed by atoms with van der Waals surface area (Å²) in [6.45, 7) is 4.29. The Labute approximate surface area is 114 Å². The smallest absolute Gasteiger partial charge is 0.178 e. The first kappa shape index (κ1) is 13.2. The van der Waals surface area contributed by atoms with Crippen LogP contribution in [0.2, 0.25) is 0 Å². The van der Waals surface area contributed by atoms with Crippen molar-refractivity contribution < 1.29 is 28.5 Å². The van der Waals surface area contributed by atoms with Gasteiger partial charge >= 0.3 is 0 Å². The lowest BCUT2D eigenvalue weighted by atomic mass is 10.0. The molecule has 0 saturated carbocycles. The van der Waals surface area contributed by atoms with Crippen molar-refractivity contribution in [1.82, 2.24) is 0 Å². The Bertz CT molecular complexity index is 478. The summed E-state index contributed by atoms with van der Waals surface area (Å²) in [5.74, 6) is 0. The standard InChI is InChI=1S/C14H16N.HI/c1-11-10-15(3)12(2)9-14(11)13-7-5-4-6-8-13;/h4-10H,1-3H3;1H/q+1;/p-1. The third-order valence-electron chi connectivity index (χ3n) is 2.81. The van der Waals surface area contributed by atoms with E-state index in [1.54, 1.807) is 0 Å². The molecule has 1 aromatic heterocycles. The minimum absolute atomic E-state index is 0. The molecule has 0 amide bonds. The third kappa shape index (κ3) is 2.61. The summed E-state index contributed by atoms with van der Waals surface area (Å²) in [4.78, 5) is 0. The number of benzene rings is 1. The van der Waals surface area contributed by atoms with Crippen LogP contribution < -0.4 is 28.5 Å². The molecular weight excluding hydrogens is 309 g/mol. The lowest BCUT2D eigenvalue weighted by molar-refractivity contribution is -0.677. The molecule has 2 heteroatoms. The fraction of sp³-hybridized carbons (Fsp3) is 0.214. The predicted octanol–water partition coefficient (Wildman–Crippen LogP) is -0.201. The zero-order valence-corrected chi connectivity index (χ0v) is 12.0. The molecule has 1 aromatic carbocycles. The Morgan fingerprint density at radius 3 is 2.25 bits per heavy atom. The number of nitrogens with zero attached hydrogens (tertiary/aromatic N) is 1. The lowest BCUT2D eigenvalue weighted by Gasteiger charge is -2.05. The average molecular weight is 325 g/mol. The van der Waals surface area contributed by atoms with Gasteiger partial charge in [-0.3, -0.25) is 0 Å². The number of rotatable bonds is 1. The van der Waals surface area contributed by atoms with E-state index >= 15 is 0 Å². The van der Waals surface area contributed by atoms with E-state index in [0.29, 0.717) is 0 Å². The summed E-state index contributed by atoms with van der Waals surface area (Å²) in [7, 11) is 2.08. The summed E-state index contributed by atoms with van der Waals surface area (Å²) in [6.07, 6.45) is 2.18. The number of hydrogen-bond acceptors (Lipinski definition) is 0. The highest BCUT2D eigenvalue weighted by Crippen LogP contribution is 2.22. The van der Waals surface area contributed by atoms with Gasteiger partial charge in [-0.1, -0.05) is 30.3 Å². The average Bonchev–Trinajstić information content (AvgIpc) is 2.25. The van der Waals surface area contributed by atoms with Crippen LogP contribution in [0.5, 0.6) is 0 Å². The molecule has 0 aliphatic heterocycles. The highest BCUT2D eigenvalue weighted by atomic mass is 127. The summed E-state index contributed by atoms with van der Waals surface area (Å²) in [6, 6.07) is 12.8. The number of aryl methyl sites for hydroxylation is 3. The third-order valence-corrected chi connectivity index (χ3v) is 2.81. The van der Waals surface area contributed by atoms with Crippen LogP contribution in [0, 0.1) is 13.8 Å². The van der Waals surface area contributed by atoms with Crippen molar-refractivity contribution in [2.24, 2.45) is 7.05 Å². The predicted molar refractivity (Wildman–Crippen MR) is 62.5 cm³/mol. The Kier molecular flexibility index (Phi) is 4.47. The first-order valence-electron chi connectivity index (χ1n) is 5.21. The largest absolute Gasteiger partial charge is 1.00 e. The van der Waals surface area contributed by atoms with Gasteiger partial charge in [-0.15, -0.1) is 0 Å². The summed E-state index contributed by atoms with van der Waals surface area (Å²) >= 11 is 0. The highest BCUT2D eigenvalue weighted by molar-refractivity contribution is 5.66. The minimum Gasteiger partial charge on any atom is -1.00 e. The van der Waals surface area contributed by atoms with Gasteiger partial charge in [0.2, 0.25) is 0 Å². The van der Waals surface area contributed by atoms with E-state index in [1.807, 2.05) is 0 Å². The van der Waals surface area contributed by atoms with Gasteiger partial charge in [0.05, 0.1) is 0 Å². The molecule has 0 fully saturated rings. The maximum atomic E-state index is 2.24.